The van der Waals surface area contributed by atoms with Crippen molar-refractivity contribution >= 4 is 28.0 Å². The number of aromatic nitrogens is 6. The van der Waals surface area contributed by atoms with Crippen molar-refractivity contribution in [3.8, 4) is 17.3 Å². The molecule has 218 valence electrons. The maximum absolute atomic E-state index is 13.2. The molecule has 1 amide bonds. The number of hydrogen-bond acceptors (Lipinski definition) is 6. The molecule has 0 bridgehead atoms. The van der Waals surface area contributed by atoms with Crippen LogP contribution in [0.4, 0.5) is 4.39 Å². The standard InChI is InChI=1S/C31H35FN8O2/c1-37-16-20(15-34-37)9-11-42-27-5-3-4-21-12-26(40(28(21)27)17-19-6-7-19)30-36-25-13-23-24(35-29(25)38(30)2)8-10-39(31(23)41)18-22(33)14-32/h3-5,12-13,15-16,19,22H,6-11,14,17-18,33H2,1-2H3/t22-/m1/s1. The molecule has 0 radical (unpaired) electrons. The zero-order valence-corrected chi connectivity index (χ0v) is 24.0. The molecule has 0 unspecified atom stereocenters. The van der Waals surface area contributed by atoms with E-state index in [1.165, 1.54) is 12.8 Å². The topological polar surface area (TPSA) is 109 Å². The van der Waals surface area contributed by atoms with E-state index < -0.39 is 12.7 Å². The Labute approximate surface area is 242 Å². The van der Waals surface area contributed by atoms with Crippen molar-refractivity contribution < 1.29 is 13.9 Å². The number of nitrogens with two attached hydrogens (primary N) is 1. The minimum atomic E-state index is -0.689. The summed E-state index contributed by atoms with van der Waals surface area (Å²) in [5.41, 5.74) is 11.7. The fourth-order valence-corrected chi connectivity index (χ4v) is 5.99. The number of rotatable bonds is 10. The van der Waals surface area contributed by atoms with Gasteiger partial charge < -0.3 is 24.5 Å². The van der Waals surface area contributed by atoms with E-state index in [9.17, 15) is 9.18 Å². The second-order valence-electron chi connectivity index (χ2n) is 11.6. The Bertz CT molecular complexity index is 1800. The Morgan fingerprint density at radius 2 is 2.05 bits per heavy atom. The second-order valence-corrected chi connectivity index (χ2v) is 11.6. The molecule has 10 nitrogen and oxygen atoms in total. The number of hydrogen-bond donors (Lipinski definition) is 1. The van der Waals surface area contributed by atoms with Crippen molar-refractivity contribution in [2.75, 3.05) is 26.4 Å². The third-order valence-corrected chi connectivity index (χ3v) is 8.37. The molecule has 1 saturated carbocycles. The maximum atomic E-state index is 13.2. The van der Waals surface area contributed by atoms with Gasteiger partial charge >= 0.3 is 0 Å². The molecular formula is C31H35FN8O2. The molecule has 5 aromatic rings. The summed E-state index contributed by atoms with van der Waals surface area (Å²) in [7, 11) is 3.90. The highest BCUT2D eigenvalue weighted by atomic mass is 19.1. The summed E-state index contributed by atoms with van der Waals surface area (Å²) in [6, 6.07) is 9.51. The van der Waals surface area contributed by atoms with E-state index in [1.54, 1.807) is 9.58 Å². The van der Waals surface area contributed by atoms with Crippen molar-refractivity contribution in [3.63, 3.8) is 0 Å². The normalized spacial score (nSPS) is 16.0. The summed E-state index contributed by atoms with van der Waals surface area (Å²) < 4.78 is 25.6. The molecule has 11 heteroatoms. The Morgan fingerprint density at radius 1 is 1.19 bits per heavy atom. The Morgan fingerprint density at radius 3 is 2.81 bits per heavy atom. The third-order valence-electron chi connectivity index (χ3n) is 8.37. The Hall–Kier alpha value is -4.25. The Balaban J connectivity index is 1.26. The number of imidazole rings is 1. The fourth-order valence-electron chi connectivity index (χ4n) is 5.99. The number of alkyl halides is 1. The van der Waals surface area contributed by atoms with Crippen LogP contribution in [0.2, 0.25) is 0 Å². The van der Waals surface area contributed by atoms with E-state index in [4.69, 9.17) is 20.4 Å². The van der Waals surface area contributed by atoms with Crippen LogP contribution in [0, 0.1) is 5.92 Å². The Kier molecular flexibility index (Phi) is 6.69. The highest BCUT2D eigenvalue weighted by Crippen LogP contribution is 2.39. The van der Waals surface area contributed by atoms with Crippen molar-refractivity contribution in [2.24, 2.45) is 25.7 Å². The first-order chi connectivity index (χ1) is 20.4. The lowest BCUT2D eigenvalue weighted by molar-refractivity contribution is 0.0723. The average molecular weight is 571 g/mol. The van der Waals surface area contributed by atoms with E-state index >= 15 is 0 Å². The third kappa shape index (κ3) is 4.81. The van der Waals surface area contributed by atoms with Gasteiger partial charge in [-0.1, -0.05) is 12.1 Å². The van der Waals surface area contributed by atoms with E-state index in [2.05, 4.69) is 21.8 Å². The molecule has 4 aromatic heterocycles. The predicted octanol–water partition coefficient (Wildman–Crippen LogP) is 3.65. The van der Waals surface area contributed by atoms with Crippen molar-refractivity contribution in [2.45, 2.75) is 38.3 Å². The van der Waals surface area contributed by atoms with Crippen LogP contribution >= 0.6 is 0 Å². The van der Waals surface area contributed by atoms with Crippen LogP contribution < -0.4 is 10.5 Å². The number of benzene rings is 1. The molecule has 1 aromatic carbocycles. The molecule has 1 fully saturated rings. The van der Waals surface area contributed by atoms with Crippen LogP contribution in [0.15, 0.2) is 42.7 Å². The number of ether oxygens (including phenoxy) is 1. The van der Waals surface area contributed by atoms with Crippen LogP contribution in [0.25, 0.3) is 33.6 Å². The van der Waals surface area contributed by atoms with Crippen molar-refractivity contribution in [1.82, 2.24) is 33.8 Å². The van der Waals surface area contributed by atoms with Crippen LogP contribution in [0.1, 0.15) is 34.5 Å². The van der Waals surface area contributed by atoms with Gasteiger partial charge in [0, 0.05) is 58.2 Å². The summed E-state index contributed by atoms with van der Waals surface area (Å²) in [5.74, 6) is 2.11. The molecule has 0 saturated heterocycles. The van der Waals surface area contributed by atoms with Crippen molar-refractivity contribution in [1.29, 1.82) is 0 Å². The molecule has 0 spiro atoms. The fraction of sp³-hybridized carbons (Fsp3) is 0.419. The van der Waals surface area contributed by atoms with Crippen LogP contribution in [0.3, 0.4) is 0 Å². The SMILES string of the molecule is Cn1cc(CCOc2cccc3cc(-c4nc5cc6c(nc5n4C)CCN(C[C@H](N)CF)C6=O)n(CC4CC4)c23)cn1. The van der Waals surface area contributed by atoms with Gasteiger partial charge in [0.2, 0.25) is 0 Å². The van der Waals surface area contributed by atoms with Crippen LogP contribution in [-0.2, 0) is 33.5 Å². The number of pyridine rings is 1. The van der Waals surface area contributed by atoms with Gasteiger partial charge in [0.05, 0.1) is 41.3 Å². The van der Waals surface area contributed by atoms with Crippen molar-refractivity contribution in [3.05, 3.63) is 59.5 Å². The van der Waals surface area contributed by atoms with Gasteiger partial charge in [0.1, 0.15) is 17.9 Å². The number of carbonyl (C=O) groups excluding carboxylic acids is 1. The number of fused-ring (bicyclic) bond motifs is 3. The molecular weight excluding hydrogens is 535 g/mol. The van der Waals surface area contributed by atoms with Gasteiger partial charge in [-0.3, -0.25) is 9.48 Å². The van der Waals surface area contributed by atoms with E-state index in [0.29, 0.717) is 36.6 Å². The summed E-state index contributed by atoms with van der Waals surface area (Å²) >= 11 is 0. The number of halogens is 1. The molecule has 1 aliphatic heterocycles. The molecule has 1 atom stereocenters. The zero-order chi connectivity index (χ0) is 29.0. The van der Waals surface area contributed by atoms with E-state index in [0.717, 1.165) is 58.0 Å². The van der Waals surface area contributed by atoms with E-state index in [1.807, 2.05) is 49.3 Å². The maximum Gasteiger partial charge on any atom is 0.255 e. The number of carbonyl (C=O) groups is 1. The number of para-hydroxylation sites is 1. The minimum Gasteiger partial charge on any atom is -0.491 e. The highest BCUT2D eigenvalue weighted by Gasteiger charge is 2.30. The first-order valence-electron chi connectivity index (χ1n) is 14.6. The molecule has 5 heterocycles. The minimum absolute atomic E-state index is 0.169. The lowest BCUT2D eigenvalue weighted by Gasteiger charge is -2.29. The quantitative estimate of drug-likeness (QED) is 0.275. The van der Waals surface area contributed by atoms with Gasteiger partial charge in [-0.25, -0.2) is 14.4 Å². The van der Waals surface area contributed by atoms with Crippen LogP contribution in [0.5, 0.6) is 5.75 Å². The summed E-state index contributed by atoms with van der Waals surface area (Å²) in [5, 5.41) is 5.36. The highest BCUT2D eigenvalue weighted by molar-refractivity contribution is 5.99. The summed E-state index contributed by atoms with van der Waals surface area (Å²) in [6.45, 7) is 1.44. The predicted molar refractivity (Wildman–Crippen MR) is 158 cm³/mol. The molecule has 2 N–H and O–H groups in total. The number of aryl methyl sites for hydroxylation is 2. The monoisotopic (exact) mass is 570 g/mol. The van der Waals surface area contributed by atoms with Gasteiger partial charge in [-0.05, 0) is 42.5 Å². The van der Waals surface area contributed by atoms with Gasteiger partial charge in [-0.15, -0.1) is 0 Å². The smallest absolute Gasteiger partial charge is 0.255 e. The summed E-state index contributed by atoms with van der Waals surface area (Å²) in [4.78, 5) is 24.8. The molecule has 2 aliphatic rings. The lowest BCUT2D eigenvalue weighted by Crippen LogP contribution is -2.45. The molecule has 1 aliphatic carbocycles. The van der Waals surface area contributed by atoms with Gasteiger partial charge in [0.25, 0.3) is 5.91 Å². The van der Waals surface area contributed by atoms with Crippen LogP contribution in [-0.4, -0.2) is 72.1 Å². The zero-order valence-electron chi connectivity index (χ0n) is 24.0. The van der Waals surface area contributed by atoms with Gasteiger partial charge in [-0.2, -0.15) is 5.10 Å². The number of amides is 1. The molecule has 42 heavy (non-hydrogen) atoms. The molecule has 7 rings (SSSR count). The second kappa shape index (κ2) is 10.5. The summed E-state index contributed by atoms with van der Waals surface area (Å²) in [6.07, 6.45) is 7.68. The first-order valence-corrected chi connectivity index (χ1v) is 14.6. The van der Waals surface area contributed by atoms with E-state index in [-0.39, 0.29) is 12.5 Å². The lowest BCUT2D eigenvalue weighted by atomic mass is 10.0. The van der Waals surface area contributed by atoms with Gasteiger partial charge in [0.15, 0.2) is 11.5 Å². The largest absolute Gasteiger partial charge is 0.491 e. The number of nitrogens with zero attached hydrogens (tertiary/aromatic N) is 7. The first kappa shape index (κ1) is 26.6. The average Bonchev–Trinajstić information content (AvgIpc) is 3.47.